The number of methoxy groups -OCH3 is 1. The van der Waals surface area contributed by atoms with Crippen molar-refractivity contribution in [3.8, 4) is 5.75 Å². The van der Waals surface area contributed by atoms with Crippen LogP contribution in [0.15, 0.2) is 60.0 Å². The van der Waals surface area contributed by atoms with Gasteiger partial charge in [0.1, 0.15) is 18.4 Å². The summed E-state index contributed by atoms with van der Waals surface area (Å²) in [7, 11) is 1.36. The van der Waals surface area contributed by atoms with Crippen LogP contribution in [0.5, 0.6) is 5.75 Å². The molecule has 0 aliphatic carbocycles. The molecule has 0 saturated carbocycles. The first kappa shape index (κ1) is 20.2. The largest absolute Gasteiger partial charge is 0.489 e. The molecule has 1 atom stereocenters. The summed E-state index contributed by atoms with van der Waals surface area (Å²) in [4.78, 5) is 27.9. The molecule has 0 spiro atoms. The quantitative estimate of drug-likeness (QED) is 0.574. The minimum Gasteiger partial charge on any atom is -0.489 e. The number of hydrogen-bond donors (Lipinski definition) is 0. The molecule has 0 radical (unpaired) electrons. The molecular weight excluding hydrogens is 398 g/mol. The number of fused-ring (bicyclic) bond motifs is 1. The normalized spacial score (nSPS) is 15.4. The Bertz CT molecular complexity index is 1070. The molecule has 1 aromatic heterocycles. The number of hydrogen-bond acceptors (Lipinski definition) is 5. The summed E-state index contributed by atoms with van der Waals surface area (Å²) in [5.74, 6) is 0.277. The highest BCUT2D eigenvalue weighted by atomic mass is 32.1. The second kappa shape index (κ2) is 8.71. The molecular formula is C24H23NO4S. The number of aryl methyl sites for hydroxylation is 1. The van der Waals surface area contributed by atoms with Gasteiger partial charge in [-0.25, -0.2) is 4.79 Å². The molecule has 2 heterocycles. The van der Waals surface area contributed by atoms with E-state index in [1.807, 2.05) is 66.9 Å². The molecule has 0 fully saturated rings. The molecule has 5 nitrogen and oxygen atoms in total. The van der Waals surface area contributed by atoms with Crippen LogP contribution >= 0.6 is 11.3 Å². The van der Waals surface area contributed by atoms with Gasteiger partial charge in [-0.2, -0.15) is 0 Å². The maximum Gasteiger partial charge on any atom is 0.328 e. The predicted octanol–water partition coefficient (Wildman–Crippen LogP) is 4.38. The van der Waals surface area contributed by atoms with E-state index in [1.165, 1.54) is 18.4 Å². The van der Waals surface area contributed by atoms with Crippen molar-refractivity contribution in [1.29, 1.82) is 0 Å². The first-order chi connectivity index (χ1) is 14.6. The van der Waals surface area contributed by atoms with Crippen molar-refractivity contribution in [2.75, 3.05) is 7.11 Å². The topological polar surface area (TPSA) is 55.8 Å². The van der Waals surface area contributed by atoms with Gasteiger partial charge in [-0.1, -0.05) is 42.5 Å². The minimum atomic E-state index is -0.619. The van der Waals surface area contributed by atoms with Crippen molar-refractivity contribution < 1.29 is 19.1 Å². The van der Waals surface area contributed by atoms with E-state index >= 15 is 0 Å². The van der Waals surface area contributed by atoms with Gasteiger partial charge >= 0.3 is 5.97 Å². The van der Waals surface area contributed by atoms with Crippen molar-refractivity contribution in [2.24, 2.45) is 0 Å². The fourth-order valence-electron chi connectivity index (χ4n) is 3.67. The molecule has 4 rings (SSSR count). The van der Waals surface area contributed by atoms with Crippen LogP contribution in [0.3, 0.4) is 0 Å². The highest BCUT2D eigenvalue weighted by Gasteiger charge is 2.36. The van der Waals surface area contributed by atoms with E-state index in [0.29, 0.717) is 24.4 Å². The lowest BCUT2D eigenvalue weighted by molar-refractivity contribution is -0.146. The van der Waals surface area contributed by atoms with Gasteiger partial charge in [0.15, 0.2) is 0 Å². The SMILES string of the molecule is COC(=O)C1Cc2ccccc2CN1C(=O)c1cc(COc2ccccc2C)cs1. The van der Waals surface area contributed by atoms with Gasteiger partial charge in [0.25, 0.3) is 5.91 Å². The smallest absolute Gasteiger partial charge is 0.328 e. The Kier molecular flexibility index (Phi) is 5.86. The number of para-hydroxylation sites is 1. The Morgan fingerprint density at radius 3 is 2.60 bits per heavy atom. The van der Waals surface area contributed by atoms with E-state index in [-0.39, 0.29) is 5.91 Å². The Morgan fingerprint density at radius 1 is 1.10 bits per heavy atom. The average molecular weight is 422 g/mol. The van der Waals surface area contributed by atoms with Gasteiger partial charge in [-0.15, -0.1) is 11.3 Å². The fraction of sp³-hybridized carbons (Fsp3) is 0.250. The standard InChI is InChI=1S/C24H23NO4S/c1-16-7-3-6-10-21(16)29-14-17-11-22(30-15-17)23(26)25-13-19-9-5-4-8-18(19)12-20(25)24(27)28-2/h3-11,15,20H,12-14H2,1-2H3. The van der Waals surface area contributed by atoms with Crippen molar-refractivity contribution in [1.82, 2.24) is 4.90 Å². The number of carbonyl (C=O) groups is 2. The van der Waals surface area contributed by atoms with Gasteiger partial charge in [-0.05, 0) is 41.1 Å². The number of nitrogens with zero attached hydrogens (tertiary/aromatic N) is 1. The highest BCUT2D eigenvalue weighted by Crippen LogP contribution is 2.28. The van der Waals surface area contributed by atoms with Crippen LogP contribution in [0.4, 0.5) is 0 Å². The summed E-state index contributed by atoms with van der Waals surface area (Å²) in [5.41, 5.74) is 4.14. The third-order valence-corrected chi connectivity index (χ3v) is 6.30. The maximum absolute atomic E-state index is 13.3. The predicted molar refractivity (Wildman–Crippen MR) is 116 cm³/mol. The Balaban J connectivity index is 1.52. The molecule has 0 bridgehead atoms. The second-order valence-electron chi connectivity index (χ2n) is 7.32. The second-order valence-corrected chi connectivity index (χ2v) is 8.23. The zero-order valence-electron chi connectivity index (χ0n) is 17.0. The average Bonchev–Trinajstić information content (AvgIpc) is 3.25. The first-order valence-electron chi connectivity index (χ1n) is 9.78. The Labute approximate surface area is 179 Å². The maximum atomic E-state index is 13.3. The van der Waals surface area contributed by atoms with Crippen molar-refractivity contribution in [3.05, 3.63) is 87.1 Å². The van der Waals surface area contributed by atoms with E-state index in [9.17, 15) is 9.59 Å². The number of amides is 1. The molecule has 154 valence electrons. The summed E-state index contributed by atoms with van der Waals surface area (Å²) >= 11 is 1.37. The van der Waals surface area contributed by atoms with E-state index < -0.39 is 12.0 Å². The van der Waals surface area contributed by atoms with Gasteiger partial charge in [0.05, 0.1) is 12.0 Å². The zero-order valence-corrected chi connectivity index (χ0v) is 17.8. The van der Waals surface area contributed by atoms with Crippen molar-refractivity contribution in [2.45, 2.75) is 32.5 Å². The first-order valence-corrected chi connectivity index (χ1v) is 10.7. The molecule has 1 aliphatic rings. The van der Waals surface area contributed by atoms with Crippen LogP contribution < -0.4 is 4.74 Å². The third kappa shape index (κ3) is 4.09. The fourth-order valence-corrected chi connectivity index (χ4v) is 4.52. The van der Waals surface area contributed by atoms with Gasteiger partial charge in [0, 0.05) is 18.5 Å². The number of carbonyl (C=O) groups excluding carboxylic acids is 2. The lowest BCUT2D eigenvalue weighted by Crippen LogP contribution is -2.49. The zero-order chi connectivity index (χ0) is 21.1. The van der Waals surface area contributed by atoms with E-state index in [1.54, 1.807) is 4.90 Å². The third-order valence-electron chi connectivity index (χ3n) is 5.34. The minimum absolute atomic E-state index is 0.160. The van der Waals surface area contributed by atoms with E-state index in [0.717, 1.165) is 28.0 Å². The van der Waals surface area contributed by atoms with E-state index in [4.69, 9.17) is 9.47 Å². The lowest BCUT2D eigenvalue weighted by Gasteiger charge is -2.34. The molecule has 30 heavy (non-hydrogen) atoms. The van der Waals surface area contributed by atoms with Gasteiger partial charge in [-0.3, -0.25) is 4.79 Å². The molecule has 3 aromatic rings. The van der Waals surface area contributed by atoms with Crippen LogP contribution in [0.2, 0.25) is 0 Å². The summed E-state index contributed by atoms with van der Waals surface area (Å²) in [6.45, 7) is 2.78. The molecule has 1 aliphatic heterocycles. The number of esters is 1. The van der Waals surface area contributed by atoms with Crippen LogP contribution in [0, 0.1) is 6.92 Å². The van der Waals surface area contributed by atoms with Crippen LogP contribution in [-0.2, 0) is 29.1 Å². The van der Waals surface area contributed by atoms with Crippen molar-refractivity contribution >= 4 is 23.2 Å². The Morgan fingerprint density at radius 2 is 1.83 bits per heavy atom. The molecule has 0 N–H and O–H groups in total. The highest BCUT2D eigenvalue weighted by molar-refractivity contribution is 7.12. The van der Waals surface area contributed by atoms with E-state index in [2.05, 4.69) is 0 Å². The molecule has 2 aromatic carbocycles. The molecule has 0 saturated heterocycles. The number of rotatable bonds is 5. The monoisotopic (exact) mass is 421 g/mol. The molecule has 6 heteroatoms. The molecule has 1 unspecified atom stereocenters. The van der Waals surface area contributed by atoms with Crippen LogP contribution in [-0.4, -0.2) is 29.9 Å². The Hall–Kier alpha value is -3.12. The van der Waals surface area contributed by atoms with Crippen molar-refractivity contribution in [3.63, 3.8) is 0 Å². The summed E-state index contributed by atoms with van der Waals surface area (Å²) in [6.07, 6.45) is 0.462. The lowest BCUT2D eigenvalue weighted by atomic mass is 9.93. The van der Waals surface area contributed by atoms with Gasteiger partial charge < -0.3 is 14.4 Å². The number of benzene rings is 2. The van der Waals surface area contributed by atoms with Crippen LogP contribution in [0.1, 0.15) is 31.9 Å². The molecule has 1 amide bonds. The number of ether oxygens (including phenoxy) is 2. The summed E-state index contributed by atoms with van der Waals surface area (Å²) in [6, 6.07) is 17.0. The number of thiophene rings is 1. The summed E-state index contributed by atoms with van der Waals surface area (Å²) < 4.78 is 10.9. The van der Waals surface area contributed by atoms with Gasteiger partial charge in [0.2, 0.25) is 0 Å². The summed E-state index contributed by atoms with van der Waals surface area (Å²) in [5, 5.41) is 1.93. The van der Waals surface area contributed by atoms with Crippen LogP contribution in [0.25, 0.3) is 0 Å².